The molecule has 140 valence electrons. The van der Waals surface area contributed by atoms with E-state index in [0.29, 0.717) is 24.8 Å². The summed E-state index contributed by atoms with van der Waals surface area (Å²) in [6.07, 6.45) is 6.30. The molecule has 0 saturated heterocycles. The number of alkyl halides is 1. The van der Waals surface area contributed by atoms with E-state index in [1.165, 1.54) is 26.2 Å². The van der Waals surface area contributed by atoms with Crippen LogP contribution in [0.4, 0.5) is 4.79 Å². The van der Waals surface area contributed by atoms with Crippen molar-refractivity contribution in [3.63, 3.8) is 0 Å². The van der Waals surface area contributed by atoms with E-state index in [9.17, 15) is 14.4 Å². The fourth-order valence-corrected chi connectivity index (χ4v) is 7.07. The number of carbonyl (C=O) groups is 3. The minimum absolute atomic E-state index is 0.0143. The average molecular weight is 415 g/mol. The van der Waals surface area contributed by atoms with Crippen LogP contribution < -0.4 is 10.6 Å². The molecule has 0 radical (unpaired) electrons. The Morgan fingerprint density at radius 1 is 1.20 bits per heavy atom. The predicted octanol–water partition coefficient (Wildman–Crippen LogP) is 2.89. The molecular formula is C18H27BrN2O4. The smallest absolute Gasteiger partial charge is 0.321 e. The average Bonchev–Trinajstić information content (AvgIpc) is 2.43. The lowest BCUT2D eigenvalue weighted by Crippen LogP contribution is -2.53. The molecule has 7 heteroatoms. The van der Waals surface area contributed by atoms with Crippen LogP contribution in [0.5, 0.6) is 0 Å². The maximum absolute atomic E-state index is 12.4. The Kier molecular flexibility index (Phi) is 5.15. The standard InChI is InChI=1S/C18H27BrN2O4/c1-3-20-16(24)21-15(23)11(2)25-14(22)9-17-5-12-4-13(6-17)8-18(19,7-12)10-17/h11-13H,3-10H2,1-2H3,(H2,20,21,23,24). The Balaban J connectivity index is 1.54. The van der Waals surface area contributed by atoms with Crippen molar-refractivity contribution < 1.29 is 19.1 Å². The van der Waals surface area contributed by atoms with E-state index in [1.54, 1.807) is 6.92 Å². The summed E-state index contributed by atoms with van der Waals surface area (Å²) < 4.78 is 5.51. The van der Waals surface area contributed by atoms with Crippen molar-refractivity contribution in [2.45, 2.75) is 69.2 Å². The molecule has 4 rings (SSSR count). The molecule has 3 amide bonds. The molecule has 2 N–H and O–H groups in total. The second-order valence-corrected chi connectivity index (χ2v) is 9.95. The molecule has 25 heavy (non-hydrogen) atoms. The number of halogens is 1. The lowest BCUT2D eigenvalue weighted by molar-refractivity contribution is -0.160. The quantitative estimate of drug-likeness (QED) is 0.534. The van der Waals surface area contributed by atoms with Gasteiger partial charge in [-0.2, -0.15) is 0 Å². The van der Waals surface area contributed by atoms with E-state index in [0.717, 1.165) is 19.3 Å². The third-order valence-electron chi connectivity index (χ3n) is 5.88. The molecule has 0 aromatic heterocycles. The lowest BCUT2D eigenvalue weighted by atomic mass is 9.49. The molecule has 6 nitrogen and oxygen atoms in total. The highest BCUT2D eigenvalue weighted by Crippen LogP contribution is 2.65. The van der Waals surface area contributed by atoms with Gasteiger partial charge in [0.2, 0.25) is 0 Å². The number of amides is 3. The first-order valence-electron chi connectivity index (χ1n) is 9.20. The number of hydrogen-bond donors (Lipinski definition) is 2. The van der Waals surface area contributed by atoms with Crippen molar-refractivity contribution in [2.24, 2.45) is 17.3 Å². The summed E-state index contributed by atoms with van der Waals surface area (Å²) in [6.45, 7) is 3.68. The molecule has 0 aliphatic heterocycles. The molecular weight excluding hydrogens is 388 g/mol. The number of urea groups is 1. The van der Waals surface area contributed by atoms with Gasteiger partial charge in [-0.15, -0.1) is 0 Å². The first-order valence-corrected chi connectivity index (χ1v) is 9.99. The third-order valence-corrected chi connectivity index (χ3v) is 6.81. The van der Waals surface area contributed by atoms with Crippen LogP contribution in [0, 0.1) is 17.3 Å². The fourth-order valence-electron chi connectivity index (χ4n) is 5.56. The molecule has 4 aliphatic rings. The minimum Gasteiger partial charge on any atom is -0.453 e. The molecule has 3 atom stereocenters. The number of esters is 1. The van der Waals surface area contributed by atoms with E-state index >= 15 is 0 Å². The van der Waals surface area contributed by atoms with Gasteiger partial charge in [0, 0.05) is 10.9 Å². The summed E-state index contributed by atoms with van der Waals surface area (Å²) in [6, 6.07) is -0.572. The molecule has 4 aliphatic carbocycles. The number of hydrogen-bond acceptors (Lipinski definition) is 4. The third kappa shape index (κ3) is 4.18. The summed E-state index contributed by atoms with van der Waals surface area (Å²) in [5.41, 5.74) is 0.0143. The van der Waals surface area contributed by atoms with Gasteiger partial charge in [-0.25, -0.2) is 4.79 Å². The number of nitrogens with one attached hydrogen (secondary N) is 2. The summed E-state index contributed by atoms with van der Waals surface area (Å²) in [5.74, 6) is 0.470. The van der Waals surface area contributed by atoms with Gasteiger partial charge in [0.05, 0.1) is 6.42 Å². The fraction of sp³-hybridized carbons (Fsp3) is 0.833. The largest absolute Gasteiger partial charge is 0.453 e. The second-order valence-electron chi connectivity index (χ2n) is 8.27. The lowest BCUT2D eigenvalue weighted by Gasteiger charge is -2.60. The molecule has 0 aromatic rings. The normalized spacial score (nSPS) is 36.6. The number of rotatable bonds is 5. The first-order chi connectivity index (χ1) is 11.7. The van der Waals surface area contributed by atoms with E-state index < -0.39 is 18.0 Å². The van der Waals surface area contributed by atoms with Crippen LogP contribution in [0.1, 0.15) is 58.8 Å². The number of imide groups is 1. The van der Waals surface area contributed by atoms with Crippen LogP contribution in [-0.4, -0.2) is 34.9 Å². The number of ether oxygens (including phenoxy) is 1. The summed E-state index contributed by atoms with van der Waals surface area (Å²) in [4.78, 5) is 35.8. The zero-order valence-corrected chi connectivity index (χ0v) is 16.5. The predicted molar refractivity (Wildman–Crippen MR) is 96.2 cm³/mol. The maximum atomic E-state index is 12.4. The van der Waals surface area contributed by atoms with Crippen LogP contribution >= 0.6 is 15.9 Å². The van der Waals surface area contributed by atoms with E-state index in [1.807, 2.05) is 0 Å². The van der Waals surface area contributed by atoms with Crippen LogP contribution in [0.3, 0.4) is 0 Å². The van der Waals surface area contributed by atoms with E-state index in [4.69, 9.17) is 4.74 Å². The topological polar surface area (TPSA) is 84.5 Å². The van der Waals surface area contributed by atoms with E-state index in [-0.39, 0.29) is 15.7 Å². The van der Waals surface area contributed by atoms with Gasteiger partial charge in [0.25, 0.3) is 5.91 Å². The second kappa shape index (κ2) is 6.89. The van der Waals surface area contributed by atoms with Gasteiger partial charge < -0.3 is 10.1 Å². The highest BCUT2D eigenvalue weighted by Gasteiger charge is 2.57. The molecule has 3 unspecified atom stereocenters. The molecule has 0 spiro atoms. The SMILES string of the molecule is CCNC(=O)NC(=O)C(C)OC(=O)CC12CC3CC(CC(Br)(C3)C1)C2. The van der Waals surface area contributed by atoms with Crippen LogP contribution in [-0.2, 0) is 14.3 Å². The zero-order chi connectivity index (χ0) is 18.2. The van der Waals surface area contributed by atoms with Gasteiger partial charge in [-0.1, -0.05) is 15.9 Å². The highest BCUT2D eigenvalue weighted by atomic mass is 79.9. The van der Waals surface area contributed by atoms with Gasteiger partial charge in [0.1, 0.15) is 0 Å². The van der Waals surface area contributed by atoms with Crippen molar-refractivity contribution in [3.05, 3.63) is 0 Å². The molecule has 4 saturated carbocycles. The molecule has 0 aromatic carbocycles. The Labute approximate surface area is 156 Å². The van der Waals surface area contributed by atoms with Crippen molar-refractivity contribution >= 4 is 33.8 Å². The zero-order valence-electron chi connectivity index (χ0n) is 14.9. The Morgan fingerprint density at radius 3 is 2.40 bits per heavy atom. The Hall–Kier alpha value is -1.11. The van der Waals surface area contributed by atoms with Crippen LogP contribution in [0.2, 0.25) is 0 Å². The summed E-state index contributed by atoms with van der Waals surface area (Å²) in [7, 11) is 0. The highest BCUT2D eigenvalue weighted by molar-refractivity contribution is 9.10. The van der Waals surface area contributed by atoms with E-state index in [2.05, 4.69) is 26.6 Å². The van der Waals surface area contributed by atoms with Crippen molar-refractivity contribution in [1.29, 1.82) is 0 Å². The Morgan fingerprint density at radius 2 is 1.84 bits per heavy atom. The maximum Gasteiger partial charge on any atom is 0.321 e. The van der Waals surface area contributed by atoms with Crippen molar-refractivity contribution in [1.82, 2.24) is 10.6 Å². The van der Waals surface area contributed by atoms with Gasteiger partial charge in [-0.05, 0) is 69.6 Å². The minimum atomic E-state index is -0.970. The molecule has 4 fully saturated rings. The summed E-state index contributed by atoms with van der Waals surface area (Å²) >= 11 is 3.94. The van der Waals surface area contributed by atoms with Crippen molar-refractivity contribution in [3.8, 4) is 0 Å². The van der Waals surface area contributed by atoms with Crippen LogP contribution in [0.25, 0.3) is 0 Å². The van der Waals surface area contributed by atoms with Gasteiger partial charge in [0.15, 0.2) is 6.10 Å². The van der Waals surface area contributed by atoms with Crippen LogP contribution in [0.15, 0.2) is 0 Å². The summed E-state index contributed by atoms with van der Waals surface area (Å²) in [5, 5.41) is 4.65. The number of carbonyl (C=O) groups excluding carboxylic acids is 3. The van der Waals surface area contributed by atoms with Gasteiger partial charge >= 0.3 is 12.0 Å². The molecule has 0 heterocycles. The Bertz CT molecular complexity index is 565. The monoisotopic (exact) mass is 414 g/mol. The van der Waals surface area contributed by atoms with Gasteiger partial charge in [-0.3, -0.25) is 14.9 Å². The van der Waals surface area contributed by atoms with Crippen molar-refractivity contribution in [2.75, 3.05) is 6.54 Å². The first kappa shape index (κ1) is 18.7. The molecule has 4 bridgehead atoms.